The Balaban J connectivity index is 2.04. The van der Waals surface area contributed by atoms with Gasteiger partial charge in [-0.15, -0.1) is 0 Å². The van der Waals surface area contributed by atoms with Crippen LogP contribution >= 0.6 is 0 Å². The van der Waals surface area contributed by atoms with Gasteiger partial charge in [0.1, 0.15) is 0 Å². The predicted octanol–water partition coefficient (Wildman–Crippen LogP) is 4.06. The Morgan fingerprint density at radius 1 is 1.10 bits per heavy atom. The summed E-state index contributed by atoms with van der Waals surface area (Å²) < 4.78 is 0. The first kappa shape index (κ1) is 16.3. The first-order valence-electron chi connectivity index (χ1n) is 8.95. The van der Waals surface area contributed by atoms with Crippen molar-refractivity contribution in [3.8, 4) is 0 Å². The number of nitrogens with one attached hydrogen (secondary N) is 1. The summed E-state index contributed by atoms with van der Waals surface area (Å²) in [5, 5.41) is 3.87. The van der Waals surface area contributed by atoms with Gasteiger partial charge in [-0.25, -0.2) is 0 Å². The van der Waals surface area contributed by atoms with Gasteiger partial charge in [-0.3, -0.25) is 4.90 Å². The van der Waals surface area contributed by atoms with Crippen LogP contribution in [0.25, 0.3) is 0 Å². The van der Waals surface area contributed by atoms with E-state index < -0.39 is 0 Å². The molecule has 118 valence electrons. The second kappa shape index (κ2) is 6.36. The van der Waals surface area contributed by atoms with Crippen molar-refractivity contribution in [1.82, 2.24) is 10.2 Å². The van der Waals surface area contributed by atoms with Crippen LogP contribution in [0.2, 0.25) is 0 Å². The van der Waals surface area contributed by atoms with Gasteiger partial charge in [0.05, 0.1) is 0 Å². The molecule has 2 nitrogen and oxygen atoms in total. The molecule has 2 fully saturated rings. The molecule has 1 aliphatic heterocycles. The maximum absolute atomic E-state index is 3.87. The van der Waals surface area contributed by atoms with Gasteiger partial charge in [0.2, 0.25) is 0 Å². The van der Waals surface area contributed by atoms with Gasteiger partial charge in [-0.05, 0) is 62.4 Å². The fraction of sp³-hybridized carbons (Fsp3) is 1.00. The number of nitrogens with zero attached hydrogens (tertiary/aromatic N) is 1. The van der Waals surface area contributed by atoms with Crippen molar-refractivity contribution in [2.75, 3.05) is 19.6 Å². The van der Waals surface area contributed by atoms with Crippen LogP contribution in [-0.4, -0.2) is 36.6 Å². The molecule has 1 N–H and O–H groups in total. The van der Waals surface area contributed by atoms with Gasteiger partial charge in [0.25, 0.3) is 0 Å². The quantitative estimate of drug-likeness (QED) is 0.789. The van der Waals surface area contributed by atoms with Gasteiger partial charge in [-0.1, -0.05) is 34.6 Å². The summed E-state index contributed by atoms with van der Waals surface area (Å²) >= 11 is 0. The Hall–Kier alpha value is -0.0800. The Bertz CT molecular complexity index is 307. The zero-order chi connectivity index (χ0) is 14.8. The topological polar surface area (TPSA) is 15.3 Å². The van der Waals surface area contributed by atoms with E-state index in [-0.39, 0.29) is 0 Å². The summed E-state index contributed by atoms with van der Waals surface area (Å²) in [6, 6.07) is 1.46. The van der Waals surface area contributed by atoms with Crippen molar-refractivity contribution < 1.29 is 0 Å². The van der Waals surface area contributed by atoms with Gasteiger partial charge in [-0.2, -0.15) is 0 Å². The van der Waals surface area contributed by atoms with Gasteiger partial charge in [0.15, 0.2) is 0 Å². The summed E-state index contributed by atoms with van der Waals surface area (Å²) in [7, 11) is 0. The third-order valence-electron chi connectivity index (χ3n) is 6.36. The van der Waals surface area contributed by atoms with Crippen LogP contribution in [0.1, 0.15) is 73.1 Å². The Morgan fingerprint density at radius 3 is 2.35 bits per heavy atom. The van der Waals surface area contributed by atoms with E-state index in [4.69, 9.17) is 0 Å². The summed E-state index contributed by atoms with van der Waals surface area (Å²) in [4.78, 5) is 2.83. The number of hydrogen-bond donors (Lipinski definition) is 1. The lowest BCUT2D eigenvalue weighted by atomic mass is 9.81. The standard InChI is InChI=1S/C18H36N2/c1-6-12-19-16-15(9-10-17(16,4)5)20-13-11-18(7-2,8-3)14-20/h15-16,19H,6-14H2,1-5H3. The lowest BCUT2D eigenvalue weighted by molar-refractivity contribution is 0.148. The molecule has 0 aromatic rings. The van der Waals surface area contributed by atoms with Crippen LogP contribution < -0.4 is 5.32 Å². The van der Waals surface area contributed by atoms with Crippen LogP contribution in [-0.2, 0) is 0 Å². The molecule has 1 saturated carbocycles. The highest BCUT2D eigenvalue weighted by Crippen LogP contribution is 2.44. The van der Waals surface area contributed by atoms with E-state index in [9.17, 15) is 0 Å². The highest BCUT2D eigenvalue weighted by atomic mass is 15.2. The number of likely N-dealkylation sites (tertiary alicyclic amines) is 1. The molecule has 0 bridgehead atoms. The molecule has 20 heavy (non-hydrogen) atoms. The second-order valence-corrected chi connectivity index (χ2v) is 7.95. The molecule has 0 aromatic carbocycles. The Morgan fingerprint density at radius 2 is 1.80 bits per heavy atom. The first-order chi connectivity index (χ1) is 9.48. The fourth-order valence-electron chi connectivity index (χ4n) is 4.55. The molecule has 0 spiro atoms. The molecule has 1 aliphatic carbocycles. The van der Waals surface area contributed by atoms with Gasteiger partial charge in [0, 0.05) is 18.6 Å². The zero-order valence-electron chi connectivity index (χ0n) is 14.5. The van der Waals surface area contributed by atoms with Crippen LogP contribution in [0, 0.1) is 10.8 Å². The maximum Gasteiger partial charge on any atom is 0.0274 e. The van der Waals surface area contributed by atoms with Crippen LogP contribution in [0.5, 0.6) is 0 Å². The van der Waals surface area contributed by atoms with Gasteiger partial charge >= 0.3 is 0 Å². The van der Waals surface area contributed by atoms with Crippen LogP contribution in [0.4, 0.5) is 0 Å². The number of rotatable bonds is 6. The molecule has 1 heterocycles. The van der Waals surface area contributed by atoms with Crippen molar-refractivity contribution in [1.29, 1.82) is 0 Å². The molecule has 0 aromatic heterocycles. The Labute approximate surface area is 126 Å². The SMILES string of the molecule is CCCNC1C(N2CCC(CC)(CC)C2)CCC1(C)C. The van der Waals surface area contributed by atoms with Crippen molar-refractivity contribution in [3.63, 3.8) is 0 Å². The fourth-order valence-corrected chi connectivity index (χ4v) is 4.55. The Kier molecular flexibility index (Phi) is 5.18. The average Bonchev–Trinajstić information content (AvgIpc) is 2.98. The third kappa shape index (κ3) is 3.06. The maximum atomic E-state index is 3.87. The lowest BCUT2D eigenvalue weighted by Gasteiger charge is -2.37. The van der Waals surface area contributed by atoms with E-state index in [0.717, 1.165) is 6.04 Å². The van der Waals surface area contributed by atoms with Crippen molar-refractivity contribution in [3.05, 3.63) is 0 Å². The summed E-state index contributed by atoms with van der Waals surface area (Å²) in [5.74, 6) is 0. The smallest absolute Gasteiger partial charge is 0.0274 e. The van der Waals surface area contributed by atoms with E-state index in [0.29, 0.717) is 16.9 Å². The monoisotopic (exact) mass is 280 g/mol. The zero-order valence-corrected chi connectivity index (χ0v) is 14.5. The first-order valence-corrected chi connectivity index (χ1v) is 8.95. The van der Waals surface area contributed by atoms with Crippen LogP contribution in [0.3, 0.4) is 0 Å². The molecule has 2 aliphatic rings. The van der Waals surface area contributed by atoms with Gasteiger partial charge < -0.3 is 5.32 Å². The largest absolute Gasteiger partial charge is 0.312 e. The average molecular weight is 280 g/mol. The predicted molar refractivity (Wildman–Crippen MR) is 88.1 cm³/mol. The van der Waals surface area contributed by atoms with Crippen molar-refractivity contribution in [2.45, 2.75) is 85.2 Å². The second-order valence-electron chi connectivity index (χ2n) is 7.95. The van der Waals surface area contributed by atoms with E-state index in [1.807, 2.05) is 0 Å². The molecule has 1 saturated heterocycles. The number of hydrogen-bond acceptors (Lipinski definition) is 2. The lowest BCUT2D eigenvalue weighted by Crippen LogP contribution is -2.51. The molecule has 2 unspecified atom stereocenters. The highest BCUT2D eigenvalue weighted by Gasteiger charge is 2.47. The molecule has 0 radical (unpaired) electrons. The molecule has 2 atom stereocenters. The van der Waals surface area contributed by atoms with E-state index in [1.165, 1.54) is 58.2 Å². The van der Waals surface area contributed by atoms with Crippen molar-refractivity contribution >= 4 is 0 Å². The normalized spacial score (nSPS) is 32.9. The highest BCUT2D eigenvalue weighted by molar-refractivity contribution is 5.03. The summed E-state index contributed by atoms with van der Waals surface area (Å²) in [5.41, 5.74) is 1.07. The molecular weight excluding hydrogens is 244 g/mol. The molecule has 2 heteroatoms. The molecule has 0 amide bonds. The van der Waals surface area contributed by atoms with Crippen LogP contribution in [0.15, 0.2) is 0 Å². The molecule has 2 rings (SSSR count). The molecular formula is C18H36N2. The van der Waals surface area contributed by atoms with E-state index in [1.54, 1.807) is 0 Å². The van der Waals surface area contributed by atoms with Crippen molar-refractivity contribution in [2.24, 2.45) is 10.8 Å². The van der Waals surface area contributed by atoms with E-state index in [2.05, 4.69) is 44.8 Å². The van der Waals surface area contributed by atoms with E-state index >= 15 is 0 Å². The minimum atomic E-state index is 0.462. The summed E-state index contributed by atoms with van der Waals surface area (Å²) in [6.07, 6.45) is 8.12. The minimum Gasteiger partial charge on any atom is -0.312 e. The third-order valence-corrected chi connectivity index (χ3v) is 6.36. The minimum absolute atomic E-state index is 0.462. The summed E-state index contributed by atoms with van der Waals surface area (Å²) in [6.45, 7) is 15.8.